The average Bonchev–Trinajstić information content (AvgIpc) is 2.76. The number of aliphatic hydroxyl groups excluding tert-OH is 1. The number of anilines is 1. The Kier molecular flexibility index (Phi) is 8.27. The van der Waals surface area contributed by atoms with Crippen molar-refractivity contribution >= 4 is 38.6 Å². The molecule has 2 aromatic carbocycles. The lowest BCUT2D eigenvalue weighted by atomic mass is 10.2. The lowest BCUT2D eigenvalue weighted by molar-refractivity contribution is -0.0826. The number of halogens is 1. The summed E-state index contributed by atoms with van der Waals surface area (Å²) in [7, 11) is -4.04. The molecule has 33 heavy (non-hydrogen) atoms. The summed E-state index contributed by atoms with van der Waals surface area (Å²) in [5, 5.41) is 22.5. The van der Waals surface area contributed by atoms with Gasteiger partial charge < -0.3 is 19.1 Å². The highest BCUT2D eigenvalue weighted by atomic mass is 35.5. The number of nitrogens with zero attached hydrogens (tertiary/aromatic N) is 3. The molecule has 0 saturated heterocycles. The largest absolute Gasteiger partial charge is 0.755 e. The molecule has 1 aliphatic rings. The van der Waals surface area contributed by atoms with Crippen molar-refractivity contribution in [1.82, 2.24) is 15.0 Å². The number of para-hydroxylation sites is 1. The number of hydrazine groups is 2. The van der Waals surface area contributed by atoms with Gasteiger partial charge in [0.2, 0.25) is 0 Å². The van der Waals surface area contributed by atoms with Gasteiger partial charge in [-0.3, -0.25) is 4.21 Å². The van der Waals surface area contributed by atoms with E-state index in [2.05, 4.69) is 9.55 Å². The van der Waals surface area contributed by atoms with Crippen molar-refractivity contribution in [3.05, 3.63) is 52.5 Å². The van der Waals surface area contributed by atoms with Crippen LogP contribution in [0.4, 0.5) is 5.69 Å². The number of ether oxygens (including phenoxy) is 1. The van der Waals surface area contributed by atoms with E-state index in [4.69, 9.17) is 21.6 Å². The van der Waals surface area contributed by atoms with Gasteiger partial charge in [0.25, 0.3) is 10.0 Å². The van der Waals surface area contributed by atoms with E-state index in [0.717, 1.165) is 6.07 Å². The highest BCUT2D eigenvalue weighted by Gasteiger charge is 2.32. The van der Waals surface area contributed by atoms with Gasteiger partial charge in [0.05, 0.1) is 27.7 Å². The molecule has 0 saturated carbocycles. The molecule has 2 atom stereocenters. The monoisotopic (exact) mass is 514 g/mol. The number of hydrogen-bond acceptors (Lipinski definition) is 9. The number of hydrogen-bond donors (Lipinski definition) is 3. The first-order valence-corrected chi connectivity index (χ1v) is 12.6. The summed E-state index contributed by atoms with van der Waals surface area (Å²) in [6.07, 6.45) is -0.996. The fraction of sp³-hybridized carbons (Fsp3) is 0.316. The van der Waals surface area contributed by atoms with Gasteiger partial charge in [-0.25, -0.2) is 13.4 Å². The zero-order chi connectivity index (χ0) is 24.2. The van der Waals surface area contributed by atoms with Crippen LogP contribution in [-0.4, -0.2) is 58.2 Å². The van der Waals surface area contributed by atoms with Gasteiger partial charge in [-0.15, -0.1) is 4.83 Å². The number of aliphatic hydroxyl groups is 1. The van der Waals surface area contributed by atoms with E-state index < -0.39 is 27.4 Å². The predicted molar refractivity (Wildman–Crippen MR) is 120 cm³/mol. The van der Waals surface area contributed by atoms with Crippen LogP contribution in [-0.2, 0) is 27.8 Å². The van der Waals surface area contributed by atoms with Crippen molar-refractivity contribution in [1.29, 1.82) is 5.26 Å². The van der Waals surface area contributed by atoms with E-state index in [1.807, 2.05) is 6.07 Å². The normalized spacial score (nSPS) is 17.1. The molecule has 3 N–H and O–H groups in total. The smallest absolute Gasteiger partial charge is 0.254 e. The first kappa shape index (κ1) is 25.3. The number of nitriles is 1. The Bertz CT molecular complexity index is 1190. The molecule has 2 unspecified atom stereocenters. The quantitative estimate of drug-likeness (QED) is 0.416. The summed E-state index contributed by atoms with van der Waals surface area (Å²) in [6.45, 7) is 2.15. The summed E-state index contributed by atoms with van der Waals surface area (Å²) in [5.41, 5.74) is 0.636. The molecule has 0 aliphatic carbocycles. The third-order valence-corrected chi connectivity index (χ3v) is 6.85. The second-order valence-electron chi connectivity index (χ2n) is 7.01. The van der Waals surface area contributed by atoms with Crippen LogP contribution in [0.1, 0.15) is 18.1 Å². The number of sulfonamides is 1. The number of nitrogens with one attached hydrogen (secondary N) is 2. The van der Waals surface area contributed by atoms with Crippen LogP contribution in [0.25, 0.3) is 0 Å². The van der Waals surface area contributed by atoms with Crippen LogP contribution in [0.3, 0.4) is 0 Å². The molecular formula is C19H21ClN5O6S2-. The van der Waals surface area contributed by atoms with Crippen LogP contribution in [0.2, 0.25) is 5.02 Å². The number of rotatable bonds is 9. The van der Waals surface area contributed by atoms with Crippen molar-refractivity contribution in [3.63, 3.8) is 0 Å². The molecular weight excluding hydrogens is 494 g/mol. The summed E-state index contributed by atoms with van der Waals surface area (Å²) in [4.78, 5) is 2.30. The standard InChI is InChI=1S/C19H22ClN5O6S2/c1-2-24(11-15(26)12-31-18-6-4-3-5-13(18)9-21)25-10-14-7-16(20)17(22-32(27)28)8-19(14)33(29,30)23-25/h3-8,15,22-23,26H,2,10-12H2,1H3,(H,27,28)/p-1. The van der Waals surface area contributed by atoms with Gasteiger partial charge >= 0.3 is 0 Å². The Hall–Kier alpha value is -2.28. The summed E-state index contributed by atoms with van der Waals surface area (Å²) in [5.74, 6) is 0.341. The first-order chi connectivity index (χ1) is 15.6. The maximum Gasteiger partial charge on any atom is 0.254 e. The first-order valence-electron chi connectivity index (χ1n) is 9.67. The Morgan fingerprint density at radius 3 is 2.85 bits per heavy atom. The summed E-state index contributed by atoms with van der Waals surface area (Å²) >= 11 is 3.44. The molecule has 0 aromatic heterocycles. The van der Waals surface area contributed by atoms with Gasteiger partial charge in [-0.05, 0) is 29.8 Å². The van der Waals surface area contributed by atoms with Gasteiger partial charge in [-0.1, -0.05) is 30.7 Å². The third kappa shape index (κ3) is 6.19. The maximum atomic E-state index is 12.8. The van der Waals surface area contributed by atoms with Crippen LogP contribution in [0, 0.1) is 11.3 Å². The Morgan fingerprint density at radius 2 is 2.18 bits per heavy atom. The molecule has 0 amide bonds. The van der Waals surface area contributed by atoms with Crippen molar-refractivity contribution in [2.75, 3.05) is 24.4 Å². The van der Waals surface area contributed by atoms with Crippen molar-refractivity contribution in [2.45, 2.75) is 24.5 Å². The minimum atomic E-state index is -4.04. The number of likely N-dealkylation sites (N-methyl/N-ethyl adjacent to an activating group) is 1. The maximum absolute atomic E-state index is 12.8. The van der Waals surface area contributed by atoms with E-state index in [1.54, 1.807) is 36.2 Å². The molecule has 178 valence electrons. The molecule has 0 radical (unpaired) electrons. The third-order valence-electron chi connectivity index (χ3n) is 4.75. The summed E-state index contributed by atoms with van der Waals surface area (Å²) in [6, 6.07) is 11.2. The Balaban J connectivity index is 1.73. The number of benzene rings is 2. The lowest BCUT2D eigenvalue weighted by Gasteiger charge is -2.38. The highest BCUT2D eigenvalue weighted by molar-refractivity contribution is 7.89. The summed E-state index contributed by atoms with van der Waals surface area (Å²) < 4.78 is 55.0. The van der Waals surface area contributed by atoms with Crippen LogP contribution in [0.15, 0.2) is 41.3 Å². The van der Waals surface area contributed by atoms with Crippen LogP contribution < -0.4 is 14.3 Å². The topological polar surface area (TPSA) is 158 Å². The minimum Gasteiger partial charge on any atom is -0.755 e. The van der Waals surface area contributed by atoms with Crippen molar-refractivity contribution < 1.29 is 27.0 Å². The predicted octanol–water partition coefficient (Wildman–Crippen LogP) is 1.10. The zero-order valence-electron chi connectivity index (χ0n) is 17.4. The zero-order valence-corrected chi connectivity index (χ0v) is 19.8. The Labute approximate surface area is 198 Å². The second-order valence-corrected chi connectivity index (χ2v) is 9.72. The second kappa shape index (κ2) is 10.8. The molecule has 1 aliphatic heterocycles. The molecule has 11 nitrogen and oxygen atoms in total. The van der Waals surface area contributed by atoms with Gasteiger partial charge in [0, 0.05) is 24.4 Å². The van der Waals surface area contributed by atoms with Crippen molar-refractivity contribution in [2.24, 2.45) is 0 Å². The SMILES string of the molecule is CCN(CC(O)COc1ccccc1C#N)N1Cc2cc(Cl)c(NS(=O)[O-])cc2S(=O)(=O)N1. The van der Waals surface area contributed by atoms with Gasteiger partial charge in [-0.2, -0.15) is 10.4 Å². The van der Waals surface area contributed by atoms with Gasteiger partial charge in [0.1, 0.15) is 24.5 Å². The molecule has 3 rings (SSSR count). The van der Waals surface area contributed by atoms with Crippen LogP contribution >= 0.6 is 11.6 Å². The fourth-order valence-electron chi connectivity index (χ4n) is 3.24. The van der Waals surface area contributed by atoms with E-state index in [-0.39, 0.29) is 35.3 Å². The minimum absolute atomic E-state index is 0.0333. The van der Waals surface area contributed by atoms with E-state index in [1.165, 1.54) is 11.2 Å². The van der Waals surface area contributed by atoms with E-state index >= 15 is 0 Å². The highest BCUT2D eigenvalue weighted by Crippen LogP contribution is 2.32. The van der Waals surface area contributed by atoms with Crippen LogP contribution in [0.5, 0.6) is 5.75 Å². The Morgan fingerprint density at radius 1 is 1.45 bits per heavy atom. The molecule has 14 heteroatoms. The lowest BCUT2D eigenvalue weighted by Crippen LogP contribution is -2.57. The molecule has 2 aromatic rings. The van der Waals surface area contributed by atoms with Gasteiger partial charge in [0.15, 0.2) is 0 Å². The molecule has 0 spiro atoms. The molecule has 0 bridgehead atoms. The van der Waals surface area contributed by atoms with Crippen molar-refractivity contribution in [3.8, 4) is 11.8 Å². The average molecular weight is 515 g/mol. The number of fused-ring (bicyclic) bond motifs is 1. The molecule has 1 heterocycles. The van der Waals surface area contributed by atoms with E-state index in [9.17, 15) is 22.3 Å². The van der Waals surface area contributed by atoms with E-state index in [0.29, 0.717) is 23.4 Å². The fourth-order valence-corrected chi connectivity index (χ4v) is 5.18. The molecule has 0 fully saturated rings.